The Bertz CT molecular complexity index is 704. The van der Waals surface area contributed by atoms with E-state index >= 15 is 0 Å². The zero-order valence-corrected chi connectivity index (χ0v) is 15.4. The average Bonchev–Trinajstić information content (AvgIpc) is 2.59. The van der Waals surface area contributed by atoms with E-state index in [4.69, 9.17) is 0 Å². The molecule has 1 heterocycles. The van der Waals surface area contributed by atoms with Gasteiger partial charge in [0.15, 0.2) is 11.5 Å². The monoisotopic (exact) mass is 389 g/mol. The van der Waals surface area contributed by atoms with Crippen molar-refractivity contribution in [2.24, 2.45) is 0 Å². The number of phenolic OH excluding ortho intramolecular Hbond substituents is 2. The average molecular weight is 390 g/mol. The molecule has 2 N–H and O–H groups in total. The number of hydrogen-bond acceptors (Lipinski definition) is 3. The predicted octanol–water partition coefficient (Wildman–Crippen LogP) is 4.37. The van der Waals surface area contributed by atoms with Gasteiger partial charge in [-0.25, -0.2) is 0 Å². The van der Waals surface area contributed by atoms with Crippen LogP contribution in [0.15, 0.2) is 42.5 Å². The summed E-state index contributed by atoms with van der Waals surface area (Å²) in [6.07, 6.45) is 4.27. The minimum atomic E-state index is 0. The number of benzene rings is 2. The molecule has 0 radical (unpaired) electrons. The minimum Gasteiger partial charge on any atom is -0.504 e. The van der Waals surface area contributed by atoms with Crippen LogP contribution < -0.4 is 0 Å². The molecule has 0 saturated carbocycles. The third-order valence-corrected chi connectivity index (χ3v) is 5.51. The summed E-state index contributed by atoms with van der Waals surface area (Å²) in [5, 5.41) is 19.9. The van der Waals surface area contributed by atoms with Crippen molar-refractivity contribution in [1.82, 2.24) is 4.90 Å². The molecule has 0 aromatic heterocycles. The van der Waals surface area contributed by atoms with Gasteiger partial charge in [0.1, 0.15) is 0 Å². The Hall–Kier alpha value is -1.52. The maximum absolute atomic E-state index is 10.2. The Morgan fingerprint density at radius 1 is 1.00 bits per heavy atom. The maximum Gasteiger partial charge on any atom is 0.160 e. The molecule has 0 unspecified atom stereocenters. The Balaban J connectivity index is 0.00000169. The molecule has 0 amide bonds. The third-order valence-electron chi connectivity index (χ3n) is 5.51. The van der Waals surface area contributed by atoms with Crippen LogP contribution in [0.4, 0.5) is 0 Å². The van der Waals surface area contributed by atoms with Gasteiger partial charge in [0, 0.05) is 18.2 Å². The molecule has 2 atom stereocenters. The highest BCUT2D eigenvalue weighted by atomic mass is 79.9. The molecule has 24 heavy (non-hydrogen) atoms. The van der Waals surface area contributed by atoms with E-state index in [2.05, 4.69) is 35.2 Å². The van der Waals surface area contributed by atoms with E-state index in [1.165, 1.54) is 24.0 Å². The van der Waals surface area contributed by atoms with Gasteiger partial charge in [-0.2, -0.15) is 0 Å². The summed E-state index contributed by atoms with van der Waals surface area (Å²) in [5.74, 6) is 0.586. The van der Waals surface area contributed by atoms with Crippen molar-refractivity contribution in [1.29, 1.82) is 0 Å². The number of hydrogen-bond donors (Lipinski definition) is 2. The van der Waals surface area contributed by atoms with Crippen LogP contribution in [0.2, 0.25) is 0 Å². The van der Waals surface area contributed by atoms with Crippen molar-refractivity contribution in [2.75, 3.05) is 6.54 Å². The molecule has 2 aromatic rings. The van der Waals surface area contributed by atoms with E-state index in [1.54, 1.807) is 6.07 Å². The number of piperidine rings is 1. The van der Waals surface area contributed by atoms with Gasteiger partial charge >= 0.3 is 0 Å². The summed E-state index contributed by atoms with van der Waals surface area (Å²) in [7, 11) is 0. The van der Waals surface area contributed by atoms with Gasteiger partial charge in [-0.15, -0.1) is 17.0 Å². The normalized spacial score (nSPS) is 23.0. The standard InChI is InChI=1S/C20H23NO2.BrH/c22-19-11-9-15-16-7-4-12-21(13-14-5-2-1-3-6-14)18(16)10-8-17(15)20(19)23;/h1-3,5-6,9,11,16,18,22-23H,4,7-8,10,12-13H2;1H/t16-,18-;/m0./s1. The molecule has 0 bridgehead atoms. The van der Waals surface area contributed by atoms with Crippen LogP contribution in [0.1, 0.15) is 41.9 Å². The van der Waals surface area contributed by atoms with E-state index in [1.807, 2.05) is 6.07 Å². The molecule has 1 saturated heterocycles. The highest BCUT2D eigenvalue weighted by Gasteiger charge is 2.37. The molecule has 2 aliphatic rings. The van der Waals surface area contributed by atoms with Crippen molar-refractivity contribution >= 4 is 17.0 Å². The van der Waals surface area contributed by atoms with Crippen molar-refractivity contribution in [3.05, 3.63) is 59.2 Å². The molecular formula is C20H24BrNO2. The summed E-state index contributed by atoms with van der Waals surface area (Å²) >= 11 is 0. The van der Waals surface area contributed by atoms with Crippen molar-refractivity contribution < 1.29 is 10.2 Å². The molecule has 3 nitrogen and oxygen atoms in total. The van der Waals surface area contributed by atoms with Gasteiger partial charge in [-0.1, -0.05) is 36.4 Å². The second-order valence-electron chi connectivity index (χ2n) is 6.81. The number of likely N-dealkylation sites (tertiary alicyclic amines) is 1. The highest BCUT2D eigenvalue weighted by molar-refractivity contribution is 8.93. The smallest absolute Gasteiger partial charge is 0.160 e. The first kappa shape index (κ1) is 17.3. The van der Waals surface area contributed by atoms with Gasteiger partial charge in [-0.3, -0.25) is 4.90 Å². The molecule has 0 spiro atoms. The minimum absolute atomic E-state index is 0. The molecule has 4 rings (SSSR count). The van der Waals surface area contributed by atoms with E-state index in [9.17, 15) is 10.2 Å². The number of halogens is 1. The Morgan fingerprint density at radius 2 is 1.79 bits per heavy atom. The summed E-state index contributed by atoms with van der Waals surface area (Å²) in [6.45, 7) is 2.15. The first-order valence-corrected chi connectivity index (χ1v) is 8.55. The fourth-order valence-electron chi connectivity index (χ4n) is 4.43. The summed E-state index contributed by atoms with van der Waals surface area (Å²) in [6, 6.07) is 14.9. The number of nitrogens with zero attached hydrogens (tertiary/aromatic N) is 1. The van der Waals surface area contributed by atoms with E-state index in [0.29, 0.717) is 12.0 Å². The van der Waals surface area contributed by atoms with Gasteiger partial charge in [0.05, 0.1) is 0 Å². The largest absolute Gasteiger partial charge is 0.504 e. The third kappa shape index (κ3) is 3.05. The number of aromatic hydroxyl groups is 2. The van der Waals surface area contributed by atoms with Crippen LogP contribution in [-0.2, 0) is 13.0 Å². The Kier molecular flexibility index (Phi) is 5.16. The fourth-order valence-corrected chi connectivity index (χ4v) is 4.43. The predicted molar refractivity (Wildman–Crippen MR) is 101 cm³/mol. The zero-order chi connectivity index (χ0) is 15.8. The lowest BCUT2D eigenvalue weighted by Crippen LogP contribution is -2.45. The second-order valence-corrected chi connectivity index (χ2v) is 6.81. The Morgan fingerprint density at radius 3 is 2.58 bits per heavy atom. The topological polar surface area (TPSA) is 43.7 Å². The van der Waals surface area contributed by atoms with Crippen molar-refractivity contribution in [3.8, 4) is 11.5 Å². The lowest BCUT2D eigenvalue weighted by molar-refractivity contribution is 0.104. The van der Waals surface area contributed by atoms with Crippen molar-refractivity contribution in [2.45, 2.75) is 44.2 Å². The quantitative estimate of drug-likeness (QED) is 0.749. The maximum atomic E-state index is 10.2. The molecule has 128 valence electrons. The lowest BCUT2D eigenvalue weighted by atomic mass is 9.74. The second kappa shape index (κ2) is 7.16. The first-order valence-electron chi connectivity index (χ1n) is 8.55. The van der Waals surface area contributed by atoms with Crippen LogP contribution >= 0.6 is 17.0 Å². The number of phenols is 2. The highest BCUT2D eigenvalue weighted by Crippen LogP contribution is 2.45. The molecule has 1 aliphatic heterocycles. The van der Waals surface area contributed by atoms with E-state index in [-0.39, 0.29) is 28.5 Å². The molecule has 2 aromatic carbocycles. The molecule has 4 heteroatoms. The van der Waals surface area contributed by atoms with Crippen LogP contribution in [0.3, 0.4) is 0 Å². The van der Waals surface area contributed by atoms with Crippen molar-refractivity contribution in [3.63, 3.8) is 0 Å². The van der Waals surface area contributed by atoms with Gasteiger partial charge < -0.3 is 10.2 Å². The molecular weight excluding hydrogens is 366 g/mol. The van der Waals surface area contributed by atoms with Gasteiger partial charge in [0.2, 0.25) is 0 Å². The van der Waals surface area contributed by atoms with Gasteiger partial charge in [0.25, 0.3) is 0 Å². The van der Waals surface area contributed by atoms with E-state index < -0.39 is 0 Å². The SMILES string of the molecule is Br.Oc1ccc2c(c1O)CC[C@H]1[C@H]2CCCN1Cc1ccccc1. The zero-order valence-electron chi connectivity index (χ0n) is 13.7. The summed E-state index contributed by atoms with van der Waals surface area (Å²) in [5.41, 5.74) is 3.58. The van der Waals surface area contributed by atoms with Crippen LogP contribution in [0.25, 0.3) is 0 Å². The molecule has 1 aliphatic carbocycles. The van der Waals surface area contributed by atoms with E-state index in [0.717, 1.165) is 31.5 Å². The number of fused-ring (bicyclic) bond motifs is 3. The van der Waals surface area contributed by atoms with Gasteiger partial charge in [-0.05, 0) is 55.3 Å². The Labute approximate surface area is 153 Å². The summed E-state index contributed by atoms with van der Waals surface area (Å²) < 4.78 is 0. The summed E-state index contributed by atoms with van der Waals surface area (Å²) in [4.78, 5) is 2.61. The molecule has 1 fully saturated rings. The van der Waals surface area contributed by atoms with Crippen LogP contribution in [0, 0.1) is 0 Å². The van der Waals surface area contributed by atoms with Crippen LogP contribution in [0.5, 0.6) is 11.5 Å². The fraction of sp³-hybridized carbons (Fsp3) is 0.400. The van der Waals surface area contributed by atoms with Crippen LogP contribution in [-0.4, -0.2) is 27.7 Å². The number of rotatable bonds is 2. The first-order chi connectivity index (χ1) is 11.2. The lowest BCUT2D eigenvalue weighted by Gasteiger charge is -2.45.